The molecule has 0 aliphatic heterocycles. The Morgan fingerprint density at radius 3 is 2.58 bits per heavy atom. The van der Waals surface area contributed by atoms with Gasteiger partial charge in [-0.3, -0.25) is 0 Å². The molecule has 1 atom stereocenters. The van der Waals surface area contributed by atoms with Crippen LogP contribution in [0.2, 0.25) is 0 Å². The van der Waals surface area contributed by atoms with Crippen LogP contribution in [0.1, 0.15) is 50.8 Å². The molecule has 0 radical (unpaired) electrons. The van der Waals surface area contributed by atoms with Crippen molar-refractivity contribution >= 4 is 0 Å². The molecule has 3 heteroatoms. The standard InChI is InChI=1S/C16H27NO2/c1-12-6-7-14(15(19)10-12)13(2)17-11-16(3,4)8-5-9-18/h6-7,10,13,17-19H,5,8-9,11H2,1-4H3. The molecule has 19 heavy (non-hydrogen) atoms. The molecule has 0 heterocycles. The molecule has 0 aromatic heterocycles. The lowest BCUT2D eigenvalue weighted by Crippen LogP contribution is -2.31. The summed E-state index contributed by atoms with van der Waals surface area (Å²) in [5.74, 6) is 0.355. The molecule has 0 spiro atoms. The predicted octanol–water partition coefficient (Wildman–Crippen LogP) is 3.15. The Bertz CT molecular complexity index is 402. The number of phenols is 1. The van der Waals surface area contributed by atoms with Crippen LogP contribution >= 0.6 is 0 Å². The van der Waals surface area contributed by atoms with Crippen LogP contribution in [0.3, 0.4) is 0 Å². The largest absolute Gasteiger partial charge is 0.508 e. The maximum atomic E-state index is 9.96. The van der Waals surface area contributed by atoms with E-state index < -0.39 is 0 Å². The van der Waals surface area contributed by atoms with Gasteiger partial charge >= 0.3 is 0 Å². The van der Waals surface area contributed by atoms with Crippen LogP contribution in [0.5, 0.6) is 5.75 Å². The third kappa shape index (κ3) is 5.21. The van der Waals surface area contributed by atoms with Gasteiger partial charge < -0.3 is 15.5 Å². The average molecular weight is 265 g/mol. The lowest BCUT2D eigenvalue weighted by atomic mass is 9.87. The minimum absolute atomic E-state index is 0.119. The number of hydrogen-bond acceptors (Lipinski definition) is 3. The Balaban J connectivity index is 2.57. The predicted molar refractivity (Wildman–Crippen MR) is 79.4 cm³/mol. The molecule has 108 valence electrons. The Morgan fingerprint density at radius 2 is 2.00 bits per heavy atom. The highest BCUT2D eigenvalue weighted by Crippen LogP contribution is 2.27. The van der Waals surface area contributed by atoms with E-state index in [1.165, 1.54) is 0 Å². The zero-order chi connectivity index (χ0) is 14.5. The highest BCUT2D eigenvalue weighted by molar-refractivity contribution is 5.37. The van der Waals surface area contributed by atoms with E-state index in [0.717, 1.165) is 30.5 Å². The highest BCUT2D eigenvalue weighted by Gasteiger charge is 2.19. The summed E-state index contributed by atoms with van der Waals surface area (Å²) in [7, 11) is 0. The van der Waals surface area contributed by atoms with Crippen LogP contribution in [-0.2, 0) is 0 Å². The Morgan fingerprint density at radius 1 is 1.32 bits per heavy atom. The molecule has 0 saturated carbocycles. The number of nitrogens with one attached hydrogen (secondary N) is 1. The van der Waals surface area contributed by atoms with Crippen molar-refractivity contribution in [3.05, 3.63) is 29.3 Å². The molecule has 0 saturated heterocycles. The van der Waals surface area contributed by atoms with Gasteiger partial charge in [-0.05, 0) is 43.7 Å². The second kappa shape index (κ2) is 6.92. The van der Waals surface area contributed by atoms with Gasteiger partial charge in [0.2, 0.25) is 0 Å². The van der Waals surface area contributed by atoms with Gasteiger partial charge in [0.15, 0.2) is 0 Å². The van der Waals surface area contributed by atoms with Gasteiger partial charge in [-0.1, -0.05) is 26.0 Å². The molecule has 3 nitrogen and oxygen atoms in total. The number of benzene rings is 1. The lowest BCUT2D eigenvalue weighted by Gasteiger charge is -2.27. The molecule has 1 unspecified atom stereocenters. The molecule has 1 aromatic rings. The summed E-state index contributed by atoms with van der Waals surface area (Å²) in [4.78, 5) is 0. The van der Waals surface area contributed by atoms with Gasteiger partial charge in [0.25, 0.3) is 0 Å². The van der Waals surface area contributed by atoms with Gasteiger partial charge in [0, 0.05) is 24.8 Å². The van der Waals surface area contributed by atoms with Crippen molar-refractivity contribution in [2.24, 2.45) is 5.41 Å². The first-order chi connectivity index (χ1) is 8.85. The van der Waals surface area contributed by atoms with E-state index in [9.17, 15) is 5.11 Å². The maximum absolute atomic E-state index is 9.96. The number of phenolic OH excluding ortho intramolecular Hbond substituents is 1. The molecular weight excluding hydrogens is 238 g/mol. The van der Waals surface area contributed by atoms with E-state index in [1.54, 1.807) is 6.07 Å². The van der Waals surface area contributed by atoms with Gasteiger partial charge in [-0.2, -0.15) is 0 Å². The summed E-state index contributed by atoms with van der Waals surface area (Å²) >= 11 is 0. The Hall–Kier alpha value is -1.06. The second-order valence-corrected chi connectivity index (χ2v) is 6.16. The fraction of sp³-hybridized carbons (Fsp3) is 0.625. The van der Waals surface area contributed by atoms with E-state index in [-0.39, 0.29) is 18.1 Å². The van der Waals surface area contributed by atoms with Crippen LogP contribution in [0.25, 0.3) is 0 Å². The summed E-state index contributed by atoms with van der Waals surface area (Å²) in [5, 5.41) is 22.3. The van der Waals surface area contributed by atoms with E-state index in [2.05, 4.69) is 26.1 Å². The van der Waals surface area contributed by atoms with Crippen LogP contribution in [0.4, 0.5) is 0 Å². The minimum atomic E-state index is 0.119. The monoisotopic (exact) mass is 265 g/mol. The van der Waals surface area contributed by atoms with Crippen molar-refractivity contribution < 1.29 is 10.2 Å². The van der Waals surface area contributed by atoms with Gasteiger partial charge in [-0.15, -0.1) is 0 Å². The van der Waals surface area contributed by atoms with Crippen molar-refractivity contribution in [1.82, 2.24) is 5.32 Å². The number of aromatic hydroxyl groups is 1. The van der Waals surface area contributed by atoms with Crippen molar-refractivity contribution in [3.8, 4) is 5.75 Å². The molecular formula is C16H27NO2. The van der Waals surface area contributed by atoms with Crippen LogP contribution in [-0.4, -0.2) is 23.4 Å². The van der Waals surface area contributed by atoms with E-state index in [1.807, 2.05) is 19.1 Å². The zero-order valence-electron chi connectivity index (χ0n) is 12.5. The average Bonchev–Trinajstić information content (AvgIpc) is 2.34. The minimum Gasteiger partial charge on any atom is -0.508 e. The quantitative estimate of drug-likeness (QED) is 0.710. The van der Waals surface area contributed by atoms with Crippen LogP contribution in [0, 0.1) is 12.3 Å². The summed E-state index contributed by atoms with van der Waals surface area (Å²) < 4.78 is 0. The highest BCUT2D eigenvalue weighted by atomic mass is 16.3. The molecule has 0 fully saturated rings. The second-order valence-electron chi connectivity index (χ2n) is 6.16. The Labute approximate surface area is 116 Å². The summed E-state index contributed by atoms with van der Waals surface area (Å²) in [5.41, 5.74) is 2.15. The van der Waals surface area contributed by atoms with Gasteiger partial charge in [-0.25, -0.2) is 0 Å². The van der Waals surface area contributed by atoms with Gasteiger partial charge in [0.1, 0.15) is 5.75 Å². The van der Waals surface area contributed by atoms with E-state index >= 15 is 0 Å². The zero-order valence-corrected chi connectivity index (χ0v) is 12.5. The fourth-order valence-corrected chi connectivity index (χ4v) is 2.21. The van der Waals surface area contributed by atoms with Crippen molar-refractivity contribution in [3.63, 3.8) is 0 Å². The van der Waals surface area contributed by atoms with E-state index in [0.29, 0.717) is 5.75 Å². The van der Waals surface area contributed by atoms with Gasteiger partial charge in [0.05, 0.1) is 0 Å². The first-order valence-electron chi connectivity index (χ1n) is 6.99. The number of hydrogen-bond donors (Lipinski definition) is 3. The normalized spacial score (nSPS) is 13.5. The lowest BCUT2D eigenvalue weighted by molar-refractivity contribution is 0.232. The molecule has 3 N–H and O–H groups in total. The van der Waals surface area contributed by atoms with E-state index in [4.69, 9.17) is 5.11 Å². The first-order valence-corrected chi connectivity index (χ1v) is 6.99. The van der Waals surface area contributed by atoms with Crippen molar-refractivity contribution in [1.29, 1.82) is 0 Å². The summed E-state index contributed by atoms with van der Waals surface area (Å²) in [6, 6.07) is 5.91. The fourth-order valence-electron chi connectivity index (χ4n) is 2.21. The molecule has 0 aliphatic rings. The SMILES string of the molecule is Cc1ccc(C(C)NCC(C)(C)CCCO)c(O)c1. The third-order valence-corrected chi connectivity index (χ3v) is 3.55. The summed E-state index contributed by atoms with van der Waals surface area (Å²) in [6.45, 7) is 9.53. The third-order valence-electron chi connectivity index (χ3n) is 3.55. The smallest absolute Gasteiger partial charge is 0.120 e. The molecule has 0 amide bonds. The number of rotatable bonds is 7. The molecule has 0 aliphatic carbocycles. The van der Waals surface area contributed by atoms with Crippen LogP contribution in [0.15, 0.2) is 18.2 Å². The molecule has 1 aromatic carbocycles. The maximum Gasteiger partial charge on any atom is 0.120 e. The topological polar surface area (TPSA) is 52.5 Å². The number of aliphatic hydroxyl groups is 1. The van der Waals surface area contributed by atoms with Crippen LogP contribution < -0.4 is 5.32 Å². The molecule has 1 rings (SSSR count). The number of aliphatic hydroxyl groups excluding tert-OH is 1. The molecule has 0 bridgehead atoms. The van der Waals surface area contributed by atoms with Crippen molar-refractivity contribution in [2.75, 3.05) is 13.2 Å². The Kier molecular flexibility index (Phi) is 5.83. The first kappa shape index (κ1) is 16.0. The summed E-state index contributed by atoms with van der Waals surface area (Å²) in [6.07, 6.45) is 1.82. The number of aryl methyl sites for hydroxylation is 1. The van der Waals surface area contributed by atoms with Crippen molar-refractivity contribution in [2.45, 2.75) is 46.6 Å².